The highest BCUT2D eigenvalue weighted by Gasteiger charge is 2.26. The second-order valence-electron chi connectivity index (χ2n) is 3.85. The molecule has 2 atom stereocenters. The first-order valence-electron chi connectivity index (χ1n) is 4.33. The normalized spacial score (nSPS) is 17.5. The van der Waals surface area contributed by atoms with Crippen LogP contribution in [0.2, 0.25) is 0 Å². The second kappa shape index (κ2) is 4.80. The van der Waals surface area contributed by atoms with E-state index in [9.17, 15) is 0 Å². The van der Waals surface area contributed by atoms with Crippen LogP contribution in [0.5, 0.6) is 0 Å². The molecule has 0 fully saturated rings. The number of hydrogen-bond acceptors (Lipinski definition) is 3. The molecule has 0 aromatic rings. The monoisotopic (exact) mass is 176 g/mol. The maximum Gasteiger partial charge on any atom is 0.0745 e. The van der Waals surface area contributed by atoms with Gasteiger partial charge < -0.3 is 14.9 Å². The Morgan fingerprint density at radius 2 is 1.83 bits per heavy atom. The van der Waals surface area contributed by atoms with Crippen molar-refractivity contribution in [3.8, 4) is 0 Å². The van der Waals surface area contributed by atoms with Crippen molar-refractivity contribution in [2.75, 3.05) is 13.2 Å². The topological polar surface area (TPSA) is 49.7 Å². The molecular weight excluding hydrogens is 156 g/mol. The molecule has 3 nitrogen and oxygen atoms in total. The Bertz CT molecular complexity index is 121. The highest BCUT2D eigenvalue weighted by atomic mass is 16.5. The quantitative estimate of drug-likeness (QED) is 0.651. The maximum atomic E-state index is 8.98. The highest BCUT2D eigenvalue weighted by molar-refractivity contribution is 4.75. The molecule has 2 N–H and O–H groups in total. The van der Waals surface area contributed by atoms with Gasteiger partial charge in [0.1, 0.15) is 0 Å². The fourth-order valence-electron chi connectivity index (χ4n) is 0.697. The zero-order valence-corrected chi connectivity index (χ0v) is 8.37. The smallest absolute Gasteiger partial charge is 0.0745 e. The summed E-state index contributed by atoms with van der Waals surface area (Å²) in [5.74, 6) is 0.0799. The second-order valence-corrected chi connectivity index (χ2v) is 3.85. The lowest BCUT2D eigenvalue weighted by Crippen LogP contribution is -2.36. The zero-order valence-electron chi connectivity index (χ0n) is 8.37. The van der Waals surface area contributed by atoms with Gasteiger partial charge in [-0.2, -0.15) is 0 Å². The molecule has 0 aromatic heterocycles. The van der Waals surface area contributed by atoms with Crippen molar-refractivity contribution in [3.63, 3.8) is 0 Å². The lowest BCUT2D eigenvalue weighted by molar-refractivity contribution is -0.0931. The van der Waals surface area contributed by atoms with E-state index in [0.717, 1.165) is 0 Å². The van der Waals surface area contributed by atoms with Crippen molar-refractivity contribution in [1.82, 2.24) is 0 Å². The van der Waals surface area contributed by atoms with E-state index in [1.165, 1.54) is 0 Å². The minimum absolute atomic E-state index is 0.0799. The molecule has 2 unspecified atom stereocenters. The third-order valence-electron chi connectivity index (χ3n) is 2.16. The number of aliphatic hydroxyl groups excluding tert-OH is 2. The van der Waals surface area contributed by atoms with Gasteiger partial charge >= 0.3 is 0 Å². The molecule has 0 amide bonds. The Morgan fingerprint density at radius 1 is 1.33 bits per heavy atom. The zero-order chi connectivity index (χ0) is 9.78. The van der Waals surface area contributed by atoms with E-state index >= 15 is 0 Å². The van der Waals surface area contributed by atoms with Gasteiger partial charge in [0, 0.05) is 12.5 Å². The molecule has 0 aliphatic rings. The molecular formula is C9H20O3. The average Bonchev–Trinajstić information content (AvgIpc) is 1.99. The molecule has 0 spiro atoms. The van der Waals surface area contributed by atoms with Crippen molar-refractivity contribution in [3.05, 3.63) is 0 Å². The first-order chi connectivity index (χ1) is 5.40. The van der Waals surface area contributed by atoms with E-state index in [0.29, 0.717) is 6.61 Å². The summed E-state index contributed by atoms with van der Waals surface area (Å²) in [6.45, 7) is 7.85. The van der Waals surface area contributed by atoms with E-state index in [1.807, 2.05) is 20.8 Å². The van der Waals surface area contributed by atoms with Crippen molar-refractivity contribution in [2.24, 2.45) is 5.92 Å². The summed E-state index contributed by atoms with van der Waals surface area (Å²) in [6, 6.07) is 0. The minimum Gasteiger partial charge on any atom is -0.396 e. The number of hydrogen-bond donors (Lipinski definition) is 2. The Morgan fingerprint density at radius 3 is 2.17 bits per heavy atom. The van der Waals surface area contributed by atoms with E-state index in [1.54, 1.807) is 6.92 Å². The Hall–Kier alpha value is -0.120. The van der Waals surface area contributed by atoms with Gasteiger partial charge in [0.15, 0.2) is 0 Å². The third-order valence-corrected chi connectivity index (χ3v) is 2.16. The molecule has 0 heterocycles. The summed E-state index contributed by atoms with van der Waals surface area (Å²) in [7, 11) is 0. The SMILES string of the molecule is CC(O)COC(C)(C)C(C)CO. The predicted octanol–water partition coefficient (Wildman–Crippen LogP) is 0.791. The van der Waals surface area contributed by atoms with Crippen LogP contribution in [-0.4, -0.2) is 35.1 Å². The first-order valence-corrected chi connectivity index (χ1v) is 4.33. The molecule has 0 bridgehead atoms. The van der Waals surface area contributed by atoms with Gasteiger partial charge in [-0.05, 0) is 20.8 Å². The molecule has 0 aliphatic heterocycles. The van der Waals surface area contributed by atoms with Crippen LogP contribution in [0, 0.1) is 5.92 Å². The standard InChI is InChI=1S/C9H20O3/c1-7(5-10)9(3,4)12-6-8(2)11/h7-8,10-11H,5-6H2,1-4H3. The fraction of sp³-hybridized carbons (Fsp3) is 1.00. The molecule has 0 saturated carbocycles. The summed E-state index contributed by atoms with van der Waals surface area (Å²) >= 11 is 0. The molecule has 0 saturated heterocycles. The van der Waals surface area contributed by atoms with Gasteiger partial charge in [0.05, 0.1) is 18.3 Å². The van der Waals surface area contributed by atoms with Gasteiger partial charge in [-0.25, -0.2) is 0 Å². The highest BCUT2D eigenvalue weighted by Crippen LogP contribution is 2.20. The Labute approximate surface area is 74.4 Å². The van der Waals surface area contributed by atoms with Crippen molar-refractivity contribution in [1.29, 1.82) is 0 Å². The molecule has 0 rings (SSSR count). The Kier molecular flexibility index (Phi) is 4.75. The van der Waals surface area contributed by atoms with E-state index in [-0.39, 0.29) is 18.1 Å². The van der Waals surface area contributed by atoms with Crippen LogP contribution in [0.1, 0.15) is 27.7 Å². The summed E-state index contributed by atoms with van der Waals surface area (Å²) < 4.78 is 5.43. The van der Waals surface area contributed by atoms with Gasteiger partial charge in [-0.3, -0.25) is 0 Å². The molecule has 0 radical (unpaired) electrons. The summed E-state index contributed by atoms with van der Waals surface area (Å²) in [5, 5.41) is 17.9. The lowest BCUT2D eigenvalue weighted by Gasteiger charge is -2.31. The van der Waals surface area contributed by atoms with Gasteiger partial charge in [-0.15, -0.1) is 0 Å². The molecule has 12 heavy (non-hydrogen) atoms. The predicted molar refractivity (Wildman–Crippen MR) is 48.0 cm³/mol. The van der Waals surface area contributed by atoms with Crippen LogP contribution >= 0.6 is 0 Å². The number of aliphatic hydroxyl groups is 2. The van der Waals surface area contributed by atoms with E-state index in [4.69, 9.17) is 14.9 Å². The van der Waals surface area contributed by atoms with Crippen LogP contribution in [0.15, 0.2) is 0 Å². The summed E-state index contributed by atoms with van der Waals surface area (Å²) in [4.78, 5) is 0. The largest absolute Gasteiger partial charge is 0.396 e. The summed E-state index contributed by atoms with van der Waals surface area (Å²) in [5.41, 5.74) is -0.369. The molecule has 3 heteroatoms. The van der Waals surface area contributed by atoms with Crippen molar-refractivity contribution in [2.45, 2.75) is 39.4 Å². The number of rotatable bonds is 5. The minimum atomic E-state index is -0.449. The fourth-order valence-corrected chi connectivity index (χ4v) is 0.697. The maximum absolute atomic E-state index is 8.98. The molecule has 0 aliphatic carbocycles. The molecule has 74 valence electrons. The van der Waals surface area contributed by atoms with Gasteiger partial charge in [0.25, 0.3) is 0 Å². The number of ether oxygens (including phenoxy) is 1. The van der Waals surface area contributed by atoms with E-state index < -0.39 is 6.10 Å². The van der Waals surface area contributed by atoms with Crippen molar-refractivity contribution < 1.29 is 14.9 Å². The Balaban J connectivity index is 3.86. The van der Waals surface area contributed by atoms with E-state index in [2.05, 4.69) is 0 Å². The van der Waals surface area contributed by atoms with Crippen LogP contribution in [-0.2, 0) is 4.74 Å². The third kappa shape index (κ3) is 4.04. The van der Waals surface area contributed by atoms with Gasteiger partial charge in [0.2, 0.25) is 0 Å². The van der Waals surface area contributed by atoms with Crippen LogP contribution in [0.3, 0.4) is 0 Å². The average molecular weight is 176 g/mol. The van der Waals surface area contributed by atoms with Crippen LogP contribution < -0.4 is 0 Å². The lowest BCUT2D eigenvalue weighted by atomic mass is 9.93. The first kappa shape index (κ1) is 11.9. The van der Waals surface area contributed by atoms with Crippen molar-refractivity contribution >= 4 is 0 Å². The van der Waals surface area contributed by atoms with Crippen LogP contribution in [0.4, 0.5) is 0 Å². The summed E-state index contributed by atoms with van der Waals surface area (Å²) in [6.07, 6.45) is -0.449. The van der Waals surface area contributed by atoms with Crippen LogP contribution in [0.25, 0.3) is 0 Å². The molecule has 0 aromatic carbocycles. The van der Waals surface area contributed by atoms with Gasteiger partial charge in [-0.1, -0.05) is 6.92 Å².